The van der Waals surface area contributed by atoms with Crippen molar-refractivity contribution in [2.45, 2.75) is 38.5 Å². The first-order chi connectivity index (χ1) is 19.7. The summed E-state index contributed by atoms with van der Waals surface area (Å²) in [5.74, 6) is 1.26. The zero-order valence-electron chi connectivity index (χ0n) is 23.6. The lowest BCUT2D eigenvalue weighted by molar-refractivity contribution is 0.405. The first-order valence-electron chi connectivity index (χ1n) is 14.2. The van der Waals surface area contributed by atoms with E-state index in [2.05, 4.69) is 111 Å². The molecule has 0 bridgehead atoms. The fourth-order valence-electron chi connectivity index (χ4n) is 7.33. The molecule has 0 fully saturated rings. The van der Waals surface area contributed by atoms with Crippen LogP contribution >= 0.6 is 0 Å². The van der Waals surface area contributed by atoms with Gasteiger partial charge in [0, 0.05) is 38.2 Å². The molecular weight excluding hydrogens is 505 g/mol. The molecular formula is C36H30BNO3. The number of benzene rings is 5. The van der Waals surface area contributed by atoms with E-state index in [-0.39, 0.29) is 5.41 Å². The molecule has 4 nitrogen and oxygen atoms in total. The molecule has 2 heterocycles. The highest BCUT2D eigenvalue weighted by Gasteiger charge is 2.39. The molecule has 5 aromatic carbocycles. The smallest absolute Gasteiger partial charge is 0.455 e. The third kappa shape index (κ3) is 3.13. The van der Waals surface area contributed by atoms with Gasteiger partial charge in [-0.3, -0.25) is 0 Å². The van der Waals surface area contributed by atoms with Gasteiger partial charge in [0.1, 0.15) is 5.75 Å². The molecule has 0 spiro atoms. The molecule has 0 saturated carbocycles. The minimum absolute atomic E-state index is 0.124. The Morgan fingerprint density at radius 2 is 1.24 bits per heavy atom. The summed E-state index contributed by atoms with van der Waals surface area (Å²) in [6.07, 6.45) is 0. The van der Waals surface area contributed by atoms with Crippen LogP contribution in [0.3, 0.4) is 0 Å². The first kappa shape index (κ1) is 24.5. The van der Waals surface area contributed by atoms with E-state index in [0.29, 0.717) is 11.2 Å². The third-order valence-corrected chi connectivity index (χ3v) is 9.49. The van der Waals surface area contributed by atoms with Crippen LogP contribution in [0.5, 0.6) is 11.5 Å². The number of hydrogen-bond acceptors (Lipinski definition) is 3. The van der Waals surface area contributed by atoms with Crippen LogP contribution in [-0.2, 0) is 10.8 Å². The van der Waals surface area contributed by atoms with Gasteiger partial charge in [-0.05, 0) is 46.5 Å². The lowest BCUT2D eigenvalue weighted by Crippen LogP contribution is -2.35. The number of rotatable bonds is 2. The van der Waals surface area contributed by atoms with Gasteiger partial charge in [0.25, 0.3) is 0 Å². The molecule has 200 valence electrons. The summed E-state index contributed by atoms with van der Waals surface area (Å²) in [4.78, 5) is 0. The van der Waals surface area contributed by atoms with Crippen molar-refractivity contribution in [2.75, 3.05) is 0 Å². The first-order valence-corrected chi connectivity index (χ1v) is 14.2. The Morgan fingerprint density at radius 3 is 2.05 bits per heavy atom. The Labute approximate surface area is 239 Å². The van der Waals surface area contributed by atoms with Crippen LogP contribution in [0.15, 0.2) is 97.1 Å². The Bertz CT molecular complexity index is 2070. The van der Waals surface area contributed by atoms with Crippen molar-refractivity contribution < 1.29 is 14.8 Å². The van der Waals surface area contributed by atoms with Crippen molar-refractivity contribution in [1.82, 2.24) is 4.57 Å². The van der Waals surface area contributed by atoms with Gasteiger partial charge in [-0.2, -0.15) is 0 Å². The van der Waals surface area contributed by atoms with E-state index in [1.54, 1.807) is 6.07 Å². The minimum Gasteiger partial charge on any atom is -0.455 e. The summed E-state index contributed by atoms with van der Waals surface area (Å²) < 4.78 is 9.02. The van der Waals surface area contributed by atoms with Crippen LogP contribution in [0.4, 0.5) is 0 Å². The molecule has 0 radical (unpaired) electrons. The zero-order chi connectivity index (χ0) is 28.3. The van der Waals surface area contributed by atoms with Gasteiger partial charge >= 0.3 is 7.12 Å². The van der Waals surface area contributed by atoms with Crippen molar-refractivity contribution in [2.24, 2.45) is 0 Å². The Morgan fingerprint density at radius 1 is 0.585 bits per heavy atom. The molecule has 41 heavy (non-hydrogen) atoms. The summed E-state index contributed by atoms with van der Waals surface area (Å²) in [5, 5.41) is 22.8. The lowest BCUT2D eigenvalue weighted by atomic mass is 9.70. The highest BCUT2D eigenvalue weighted by atomic mass is 16.5. The third-order valence-electron chi connectivity index (χ3n) is 9.49. The standard InChI is InChI=1S/C36H30BNO3/c1-35(2)25-13-7-5-11-21(25)23-19-24-22-12-6-8-17-30(22)38(32(24)20-28(23)35)31-18-10-15-27-34(31)41-33-26(36(27,3)4)14-9-16-29(33)37(39)40/h5-20,39-40H,1-4H3. The highest BCUT2D eigenvalue weighted by Crippen LogP contribution is 2.53. The topological polar surface area (TPSA) is 54.6 Å². The molecule has 1 aromatic heterocycles. The van der Waals surface area contributed by atoms with E-state index >= 15 is 0 Å². The van der Waals surface area contributed by atoms with E-state index < -0.39 is 12.5 Å². The second-order valence-electron chi connectivity index (χ2n) is 12.4. The van der Waals surface area contributed by atoms with E-state index in [4.69, 9.17) is 4.74 Å². The van der Waals surface area contributed by atoms with Gasteiger partial charge in [-0.25, -0.2) is 0 Å². The van der Waals surface area contributed by atoms with Crippen LogP contribution in [0.1, 0.15) is 49.9 Å². The number of ether oxygens (including phenoxy) is 1. The molecule has 2 N–H and O–H groups in total. The number of aromatic nitrogens is 1. The molecule has 0 atom stereocenters. The van der Waals surface area contributed by atoms with Gasteiger partial charge in [0.15, 0.2) is 5.75 Å². The molecule has 0 saturated heterocycles. The summed E-state index contributed by atoms with van der Waals surface area (Å²) in [6, 6.07) is 34.0. The predicted molar refractivity (Wildman–Crippen MR) is 167 cm³/mol. The molecule has 5 heteroatoms. The fraction of sp³-hybridized carbons (Fsp3) is 0.167. The molecule has 1 aliphatic heterocycles. The molecule has 0 amide bonds. The van der Waals surface area contributed by atoms with Gasteiger partial charge in [0.05, 0.1) is 16.7 Å². The SMILES string of the molecule is CC1(C)c2ccccc2-c2cc3c4ccccc4n(-c4cccc5c4Oc4c(B(O)O)cccc4C5(C)C)c3cc21. The van der Waals surface area contributed by atoms with E-state index in [0.717, 1.165) is 33.6 Å². The zero-order valence-corrected chi connectivity index (χ0v) is 23.6. The fourth-order valence-corrected chi connectivity index (χ4v) is 7.33. The quantitative estimate of drug-likeness (QED) is 0.231. The van der Waals surface area contributed by atoms with Crippen LogP contribution in [-0.4, -0.2) is 21.7 Å². The Hall–Kier alpha value is -4.32. The van der Waals surface area contributed by atoms with Crippen LogP contribution in [0, 0.1) is 0 Å². The Balaban J connectivity index is 1.45. The van der Waals surface area contributed by atoms with Crippen molar-refractivity contribution in [3.05, 3.63) is 119 Å². The maximum Gasteiger partial charge on any atom is 0.492 e. The number of fused-ring (bicyclic) bond motifs is 8. The average molecular weight is 535 g/mol. The van der Waals surface area contributed by atoms with Gasteiger partial charge in [-0.1, -0.05) is 100 Å². The van der Waals surface area contributed by atoms with Crippen LogP contribution < -0.4 is 10.2 Å². The highest BCUT2D eigenvalue weighted by molar-refractivity contribution is 6.59. The molecule has 1 aliphatic carbocycles. The largest absolute Gasteiger partial charge is 0.492 e. The maximum atomic E-state index is 10.2. The minimum atomic E-state index is -1.63. The normalized spacial score (nSPS) is 15.7. The monoisotopic (exact) mass is 535 g/mol. The molecule has 6 aromatic rings. The second kappa shape index (κ2) is 8.13. The lowest BCUT2D eigenvalue weighted by Gasteiger charge is -2.36. The Kier molecular flexibility index (Phi) is 4.85. The van der Waals surface area contributed by atoms with Crippen molar-refractivity contribution in [3.8, 4) is 28.3 Å². The second-order valence-corrected chi connectivity index (χ2v) is 12.4. The number of para-hydroxylation sites is 3. The molecule has 8 rings (SSSR count). The molecule has 0 unspecified atom stereocenters. The number of hydrogen-bond donors (Lipinski definition) is 2. The molecule has 2 aliphatic rings. The predicted octanol–water partition coefficient (Wildman–Crippen LogP) is 7.20. The average Bonchev–Trinajstić information content (AvgIpc) is 3.40. The summed E-state index contributed by atoms with van der Waals surface area (Å²) in [7, 11) is -1.63. The van der Waals surface area contributed by atoms with Crippen LogP contribution in [0.25, 0.3) is 38.6 Å². The van der Waals surface area contributed by atoms with Crippen molar-refractivity contribution >= 4 is 34.4 Å². The van der Waals surface area contributed by atoms with E-state index in [1.165, 1.54) is 33.0 Å². The number of nitrogens with zero attached hydrogens (tertiary/aromatic N) is 1. The van der Waals surface area contributed by atoms with Crippen molar-refractivity contribution in [1.29, 1.82) is 0 Å². The van der Waals surface area contributed by atoms with E-state index in [9.17, 15) is 10.0 Å². The van der Waals surface area contributed by atoms with Gasteiger partial charge in [-0.15, -0.1) is 0 Å². The summed E-state index contributed by atoms with van der Waals surface area (Å²) in [5.41, 5.74) is 10.3. The maximum absolute atomic E-state index is 10.2. The summed E-state index contributed by atoms with van der Waals surface area (Å²) in [6.45, 7) is 8.96. The van der Waals surface area contributed by atoms with E-state index in [1.807, 2.05) is 12.1 Å². The summed E-state index contributed by atoms with van der Waals surface area (Å²) >= 11 is 0. The van der Waals surface area contributed by atoms with Crippen LogP contribution in [0.2, 0.25) is 0 Å². The van der Waals surface area contributed by atoms with Gasteiger partial charge in [0.2, 0.25) is 0 Å². The van der Waals surface area contributed by atoms with Crippen molar-refractivity contribution in [3.63, 3.8) is 0 Å². The van der Waals surface area contributed by atoms with Gasteiger partial charge < -0.3 is 19.4 Å².